The smallest absolute Gasteiger partial charge is 0.182 e. The van der Waals surface area contributed by atoms with Gasteiger partial charge in [0.15, 0.2) is 5.65 Å². The van der Waals surface area contributed by atoms with Crippen molar-refractivity contribution in [2.75, 3.05) is 30.7 Å². The number of nitrogens with zero attached hydrogens (tertiary/aromatic N) is 4. The number of aromatic nitrogens is 3. The number of rotatable bonds is 9. The van der Waals surface area contributed by atoms with E-state index in [1.807, 2.05) is 36.4 Å². The van der Waals surface area contributed by atoms with E-state index in [-0.39, 0.29) is 0 Å². The lowest BCUT2D eigenvalue weighted by Gasteiger charge is -2.20. The van der Waals surface area contributed by atoms with Gasteiger partial charge in [0.05, 0.1) is 17.6 Å². The summed E-state index contributed by atoms with van der Waals surface area (Å²) in [6.07, 6.45) is 4.03. The summed E-state index contributed by atoms with van der Waals surface area (Å²) >= 11 is 0. The number of pyridine rings is 1. The standard InChI is InChI=1S/C22H30N6/c1-4-28(5-2)13-9-10-16(3)25-18-14-20(23)27-22-21(18)24-15-19(26-22)17-11-7-6-8-12-17/h6-8,11-12,14-16H,4-5,9-10,13H2,1-3H3,(H3,23,25,26,27). The Hall–Kier alpha value is -2.73. The van der Waals surface area contributed by atoms with Crippen LogP contribution in [0.1, 0.15) is 33.6 Å². The molecular weight excluding hydrogens is 348 g/mol. The molecule has 0 spiro atoms. The molecule has 1 aromatic carbocycles. The summed E-state index contributed by atoms with van der Waals surface area (Å²) in [6, 6.07) is 12.1. The highest BCUT2D eigenvalue weighted by atomic mass is 15.1. The molecule has 1 atom stereocenters. The van der Waals surface area contributed by atoms with Gasteiger partial charge in [-0.3, -0.25) is 0 Å². The van der Waals surface area contributed by atoms with Crippen LogP contribution < -0.4 is 11.1 Å². The van der Waals surface area contributed by atoms with Crippen molar-refractivity contribution >= 4 is 22.7 Å². The van der Waals surface area contributed by atoms with Crippen LogP contribution in [0, 0.1) is 0 Å². The molecule has 3 aromatic rings. The highest BCUT2D eigenvalue weighted by molar-refractivity contribution is 5.88. The Bertz CT molecular complexity index is 892. The molecule has 1 unspecified atom stereocenters. The number of anilines is 2. The number of nitrogens with two attached hydrogens (primary N) is 1. The fourth-order valence-corrected chi connectivity index (χ4v) is 3.37. The van der Waals surface area contributed by atoms with Gasteiger partial charge in [0.25, 0.3) is 0 Å². The molecule has 6 heteroatoms. The number of nitrogen functional groups attached to an aromatic ring is 1. The van der Waals surface area contributed by atoms with Crippen molar-refractivity contribution in [1.82, 2.24) is 19.9 Å². The molecular formula is C22H30N6. The van der Waals surface area contributed by atoms with Gasteiger partial charge in [-0.15, -0.1) is 0 Å². The van der Waals surface area contributed by atoms with Crippen molar-refractivity contribution in [2.45, 2.75) is 39.7 Å². The van der Waals surface area contributed by atoms with Crippen molar-refractivity contribution in [1.29, 1.82) is 0 Å². The monoisotopic (exact) mass is 378 g/mol. The van der Waals surface area contributed by atoms with Gasteiger partial charge in [-0.25, -0.2) is 15.0 Å². The van der Waals surface area contributed by atoms with Gasteiger partial charge in [0, 0.05) is 17.7 Å². The van der Waals surface area contributed by atoms with Crippen molar-refractivity contribution in [3.8, 4) is 11.3 Å². The van der Waals surface area contributed by atoms with Crippen molar-refractivity contribution in [3.63, 3.8) is 0 Å². The van der Waals surface area contributed by atoms with Crippen LogP contribution in [-0.4, -0.2) is 45.5 Å². The van der Waals surface area contributed by atoms with Crippen LogP contribution in [0.4, 0.5) is 11.5 Å². The van der Waals surface area contributed by atoms with E-state index in [2.05, 4.69) is 45.9 Å². The Balaban J connectivity index is 1.76. The van der Waals surface area contributed by atoms with Gasteiger partial charge >= 0.3 is 0 Å². The van der Waals surface area contributed by atoms with E-state index < -0.39 is 0 Å². The first-order chi connectivity index (χ1) is 13.6. The third-order valence-electron chi connectivity index (χ3n) is 5.01. The first-order valence-corrected chi connectivity index (χ1v) is 10.1. The highest BCUT2D eigenvalue weighted by Crippen LogP contribution is 2.25. The zero-order valence-electron chi connectivity index (χ0n) is 17.0. The third kappa shape index (κ3) is 4.95. The minimum absolute atomic E-state index is 0.316. The van der Waals surface area contributed by atoms with E-state index in [4.69, 9.17) is 5.73 Å². The zero-order chi connectivity index (χ0) is 19.9. The van der Waals surface area contributed by atoms with Crippen LogP contribution >= 0.6 is 0 Å². The Morgan fingerprint density at radius 3 is 2.57 bits per heavy atom. The molecule has 0 bridgehead atoms. The van der Waals surface area contributed by atoms with Crippen molar-refractivity contribution in [2.24, 2.45) is 0 Å². The quantitative estimate of drug-likeness (QED) is 0.581. The Morgan fingerprint density at radius 2 is 1.86 bits per heavy atom. The maximum atomic E-state index is 6.04. The summed E-state index contributed by atoms with van der Waals surface area (Å²) in [7, 11) is 0. The third-order valence-corrected chi connectivity index (χ3v) is 5.01. The van der Waals surface area contributed by atoms with Crippen LogP contribution in [0.3, 0.4) is 0 Å². The largest absolute Gasteiger partial charge is 0.384 e. The second-order valence-corrected chi connectivity index (χ2v) is 7.10. The fraction of sp³-hybridized carbons (Fsp3) is 0.409. The number of nitrogens with one attached hydrogen (secondary N) is 1. The molecule has 2 heterocycles. The van der Waals surface area contributed by atoms with Gasteiger partial charge < -0.3 is 16.0 Å². The van der Waals surface area contributed by atoms with Gasteiger partial charge in [-0.05, 0) is 39.4 Å². The first kappa shape index (κ1) is 20.0. The highest BCUT2D eigenvalue weighted by Gasteiger charge is 2.12. The lowest BCUT2D eigenvalue weighted by molar-refractivity contribution is 0.295. The second kappa shape index (κ2) is 9.46. The SMILES string of the molecule is CCN(CC)CCCC(C)Nc1cc(N)nc2nc(-c3ccccc3)cnc12. The maximum absolute atomic E-state index is 6.04. The molecule has 0 amide bonds. The van der Waals surface area contributed by atoms with E-state index in [9.17, 15) is 0 Å². The van der Waals surface area contributed by atoms with Crippen LogP contribution in [0.5, 0.6) is 0 Å². The van der Waals surface area contributed by atoms with E-state index in [0.717, 1.165) is 54.9 Å². The van der Waals surface area contributed by atoms with Crippen LogP contribution in [0.15, 0.2) is 42.6 Å². The normalized spacial score (nSPS) is 12.4. The summed E-state index contributed by atoms with van der Waals surface area (Å²) in [5.41, 5.74) is 10.1. The lowest BCUT2D eigenvalue weighted by Crippen LogP contribution is -2.25. The topological polar surface area (TPSA) is 80.0 Å². The minimum Gasteiger partial charge on any atom is -0.384 e. The second-order valence-electron chi connectivity index (χ2n) is 7.10. The molecule has 0 aliphatic rings. The van der Waals surface area contributed by atoms with Gasteiger partial charge in [0.2, 0.25) is 0 Å². The Kier molecular flexibility index (Phi) is 6.76. The molecule has 0 aliphatic carbocycles. The summed E-state index contributed by atoms with van der Waals surface area (Å²) < 4.78 is 0. The van der Waals surface area contributed by atoms with Crippen LogP contribution in [-0.2, 0) is 0 Å². The molecule has 0 radical (unpaired) electrons. The summed E-state index contributed by atoms with van der Waals surface area (Å²) in [6.45, 7) is 9.93. The summed E-state index contributed by atoms with van der Waals surface area (Å²) in [4.78, 5) is 16.2. The molecule has 3 N–H and O–H groups in total. The first-order valence-electron chi connectivity index (χ1n) is 10.1. The fourth-order valence-electron chi connectivity index (χ4n) is 3.37. The lowest BCUT2D eigenvalue weighted by atomic mass is 10.1. The van der Waals surface area contributed by atoms with Crippen molar-refractivity contribution in [3.05, 3.63) is 42.6 Å². The van der Waals surface area contributed by atoms with E-state index in [1.54, 1.807) is 6.20 Å². The van der Waals surface area contributed by atoms with Gasteiger partial charge in [-0.2, -0.15) is 0 Å². The predicted octanol–water partition coefficient (Wildman–Crippen LogP) is 4.20. The molecule has 2 aromatic heterocycles. The minimum atomic E-state index is 0.316. The zero-order valence-corrected chi connectivity index (χ0v) is 17.0. The molecule has 28 heavy (non-hydrogen) atoms. The number of fused-ring (bicyclic) bond motifs is 1. The van der Waals surface area contributed by atoms with E-state index >= 15 is 0 Å². The van der Waals surface area contributed by atoms with Gasteiger partial charge in [-0.1, -0.05) is 44.2 Å². The summed E-state index contributed by atoms with van der Waals surface area (Å²) in [5.74, 6) is 0.449. The Labute approximate surface area is 167 Å². The number of hydrogen-bond acceptors (Lipinski definition) is 6. The predicted molar refractivity (Wildman–Crippen MR) is 117 cm³/mol. The van der Waals surface area contributed by atoms with Gasteiger partial charge in [0.1, 0.15) is 11.3 Å². The number of hydrogen-bond donors (Lipinski definition) is 2. The number of benzene rings is 1. The average Bonchev–Trinajstić information content (AvgIpc) is 2.71. The summed E-state index contributed by atoms with van der Waals surface area (Å²) in [5, 5.41) is 3.55. The van der Waals surface area contributed by atoms with E-state index in [0.29, 0.717) is 17.5 Å². The molecule has 0 aliphatic heterocycles. The van der Waals surface area contributed by atoms with Crippen molar-refractivity contribution < 1.29 is 0 Å². The molecule has 0 saturated carbocycles. The molecule has 6 nitrogen and oxygen atoms in total. The maximum Gasteiger partial charge on any atom is 0.182 e. The average molecular weight is 379 g/mol. The Morgan fingerprint density at radius 1 is 1.11 bits per heavy atom. The van der Waals surface area contributed by atoms with Crippen LogP contribution in [0.2, 0.25) is 0 Å². The molecule has 0 saturated heterocycles. The molecule has 3 rings (SSSR count). The van der Waals surface area contributed by atoms with E-state index in [1.165, 1.54) is 0 Å². The van der Waals surface area contributed by atoms with Crippen LogP contribution in [0.25, 0.3) is 22.4 Å². The molecule has 148 valence electrons. The molecule has 0 fully saturated rings.